The van der Waals surface area contributed by atoms with Crippen LogP contribution in [0, 0.1) is 0 Å². The number of halogens is 4. The van der Waals surface area contributed by atoms with Crippen LogP contribution in [-0.2, 0) is 6.18 Å². The minimum atomic E-state index is -4.58. The van der Waals surface area contributed by atoms with Crippen molar-refractivity contribution in [2.45, 2.75) is 6.18 Å². The summed E-state index contributed by atoms with van der Waals surface area (Å²) in [6.45, 7) is 0. The minimum absolute atomic E-state index is 0.0647. The molecule has 0 spiro atoms. The van der Waals surface area contributed by atoms with E-state index in [1.54, 1.807) is 0 Å². The van der Waals surface area contributed by atoms with Crippen LogP contribution >= 0.6 is 15.9 Å². The maximum atomic E-state index is 12.1. The van der Waals surface area contributed by atoms with Crippen molar-refractivity contribution in [3.63, 3.8) is 0 Å². The zero-order valence-corrected chi connectivity index (χ0v) is 7.78. The molecule has 0 saturated carbocycles. The lowest BCUT2D eigenvalue weighted by Crippen LogP contribution is -2.06. The van der Waals surface area contributed by atoms with Gasteiger partial charge in [-0.2, -0.15) is 13.2 Å². The number of phenolic OH excluding ortho intramolecular Hbond substituents is 1. The lowest BCUT2D eigenvalue weighted by atomic mass is 10.2. The smallest absolute Gasteiger partial charge is 0.420 e. The lowest BCUT2D eigenvalue weighted by molar-refractivity contribution is -0.138. The van der Waals surface area contributed by atoms with Gasteiger partial charge in [0, 0.05) is 10.2 Å². The molecule has 0 radical (unpaired) electrons. The molecule has 0 aliphatic carbocycles. The van der Waals surface area contributed by atoms with E-state index in [4.69, 9.17) is 10.8 Å². The van der Waals surface area contributed by atoms with E-state index in [0.29, 0.717) is 6.07 Å². The second-order valence-electron chi connectivity index (χ2n) is 2.39. The number of rotatable bonds is 0. The predicted molar refractivity (Wildman–Crippen MR) is 45.2 cm³/mol. The van der Waals surface area contributed by atoms with Gasteiger partial charge in [-0.05, 0) is 28.1 Å². The number of benzene rings is 1. The Kier molecular flexibility index (Phi) is 2.42. The second kappa shape index (κ2) is 3.10. The Morgan fingerprint density at radius 1 is 1.31 bits per heavy atom. The first-order chi connectivity index (χ1) is 5.82. The molecule has 0 heterocycles. The summed E-state index contributed by atoms with van der Waals surface area (Å²) in [5.41, 5.74) is 4.03. The first kappa shape index (κ1) is 10.2. The summed E-state index contributed by atoms with van der Waals surface area (Å²) in [5.74, 6) is -0.839. The molecule has 1 aromatic carbocycles. The number of phenols is 1. The van der Waals surface area contributed by atoms with E-state index in [9.17, 15) is 13.2 Å². The summed E-state index contributed by atoms with van der Waals surface area (Å²) < 4.78 is 36.6. The normalized spacial score (nSPS) is 11.7. The fraction of sp³-hybridized carbons (Fsp3) is 0.143. The number of aromatic hydroxyl groups is 1. The van der Waals surface area contributed by atoms with Crippen molar-refractivity contribution in [1.82, 2.24) is 0 Å². The molecule has 0 atom stereocenters. The molecule has 0 saturated heterocycles. The molecule has 3 N–H and O–H groups in total. The van der Waals surface area contributed by atoms with Crippen LogP contribution in [0.3, 0.4) is 0 Å². The number of hydrogen-bond donors (Lipinski definition) is 2. The van der Waals surface area contributed by atoms with Crippen LogP contribution in [0.25, 0.3) is 0 Å². The third-order valence-corrected chi connectivity index (χ3v) is 2.11. The molecule has 6 heteroatoms. The molecule has 1 aromatic rings. The van der Waals surface area contributed by atoms with Gasteiger partial charge >= 0.3 is 6.18 Å². The highest BCUT2D eigenvalue weighted by atomic mass is 79.9. The first-order valence-electron chi connectivity index (χ1n) is 3.17. The van der Waals surface area contributed by atoms with Gasteiger partial charge in [0.2, 0.25) is 0 Å². The third kappa shape index (κ3) is 2.06. The highest BCUT2D eigenvalue weighted by Crippen LogP contribution is 2.39. The number of nitrogen functional groups attached to an aromatic ring is 1. The second-order valence-corrected chi connectivity index (χ2v) is 3.24. The van der Waals surface area contributed by atoms with Crippen molar-refractivity contribution in [3.8, 4) is 5.75 Å². The highest BCUT2D eigenvalue weighted by molar-refractivity contribution is 9.10. The molecular weight excluding hydrogens is 251 g/mol. The Balaban J connectivity index is 3.32. The predicted octanol–water partition coefficient (Wildman–Crippen LogP) is 2.76. The van der Waals surface area contributed by atoms with Gasteiger partial charge in [0.05, 0.1) is 5.56 Å². The van der Waals surface area contributed by atoms with Gasteiger partial charge in [-0.1, -0.05) is 0 Å². The van der Waals surface area contributed by atoms with E-state index >= 15 is 0 Å². The van der Waals surface area contributed by atoms with E-state index in [1.807, 2.05) is 0 Å². The molecule has 0 bridgehead atoms. The molecule has 2 nitrogen and oxygen atoms in total. The van der Waals surface area contributed by atoms with Crippen molar-refractivity contribution in [1.29, 1.82) is 0 Å². The number of alkyl halides is 3. The molecule has 72 valence electrons. The van der Waals surface area contributed by atoms with E-state index in [-0.39, 0.29) is 10.2 Å². The highest BCUT2D eigenvalue weighted by Gasteiger charge is 2.34. The third-order valence-electron chi connectivity index (χ3n) is 1.42. The summed E-state index contributed by atoms with van der Waals surface area (Å²) >= 11 is 2.89. The van der Waals surface area contributed by atoms with E-state index < -0.39 is 17.5 Å². The molecule has 13 heavy (non-hydrogen) atoms. The van der Waals surface area contributed by atoms with Gasteiger partial charge in [0.25, 0.3) is 0 Å². The quantitative estimate of drug-likeness (QED) is 0.553. The Hall–Kier alpha value is -0.910. The SMILES string of the molecule is Nc1cc(C(F)(F)F)c(O)cc1Br. The van der Waals surface area contributed by atoms with Gasteiger partial charge < -0.3 is 10.8 Å². The molecule has 0 fully saturated rings. The van der Waals surface area contributed by atoms with Crippen LogP contribution in [0.5, 0.6) is 5.75 Å². The van der Waals surface area contributed by atoms with Gasteiger partial charge in [-0.25, -0.2) is 0 Å². The monoisotopic (exact) mass is 255 g/mol. The van der Waals surface area contributed by atoms with Gasteiger partial charge in [-0.3, -0.25) is 0 Å². The van der Waals surface area contributed by atoms with Crippen LogP contribution in [0.2, 0.25) is 0 Å². The van der Waals surface area contributed by atoms with Crippen LogP contribution in [-0.4, -0.2) is 5.11 Å². The van der Waals surface area contributed by atoms with Crippen molar-refractivity contribution in [2.24, 2.45) is 0 Å². The molecule has 0 aliphatic heterocycles. The minimum Gasteiger partial charge on any atom is -0.507 e. The van der Waals surface area contributed by atoms with Gasteiger partial charge in [0.1, 0.15) is 5.75 Å². The Labute approximate surface area is 80.3 Å². The van der Waals surface area contributed by atoms with Crippen LogP contribution in [0.1, 0.15) is 5.56 Å². The zero-order chi connectivity index (χ0) is 10.2. The van der Waals surface area contributed by atoms with Crippen molar-refractivity contribution in [2.75, 3.05) is 5.73 Å². The maximum Gasteiger partial charge on any atom is 0.420 e. The largest absolute Gasteiger partial charge is 0.507 e. The number of hydrogen-bond acceptors (Lipinski definition) is 2. The first-order valence-corrected chi connectivity index (χ1v) is 3.97. The fourth-order valence-corrected chi connectivity index (χ4v) is 1.14. The molecule has 0 amide bonds. The Morgan fingerprint density at radius 2 is 1.85 bits per heavy atom. The fourth-order valence-electron chi connectivity index (χ4n) is 0.807. The topological polar surface area (TPSA) is 46.2 Å². The Morgan fingerprint density at radius 3 is 2.31 bits per heavy atom. The van der Waals surface area contributed by atoms with Crippen LogP contribution in [0.4, 0.5) is 18.9 Å². The summed E-state index contributed by atoms with van der Waals surface area (Å²) in [5, 5.41) is 8.95. The van der Waals surface area contributed by atoms with Crippen LogP contribution in [0.15, 0.2) is 16.6 Å². The van der Waals surface area contributed by atoms with E-state index in [1.165, 1.54) is 0 Å². The summed E-state index contributed by atoms with van der Waals surface area (Å²) in [4.78, 5) is 0. The van der Waals surface area contributed by atoms with Crippen molar-refractivity contribution >= 4 is 21.6 Å². The lowest BCUT2D eigenvalue weighted by Gasteiger charge is -2.10. The average molecular weight is 256 g/mol. The maximum absolute atomic E-state index is 12.1. The summed E-state index contributed by atoms with van der Waals surface area (Å²) in [7, 11) is 0. The molecule has 1 rings (SSSR count). The standard InChI is InChI=1S/C7H5BrF3NO/c8-4-2-6(13)3(1-5(4)12)7(9,10)11/h1-2,13H,12H2. The molecule has 0 aromatic heterocycles. The average Bonchev–Trinajstić information content (AvgIpc) is 1.94. The number of anilines is 1. The summed E-state index contributed by atoms with van der Waals surface area (Å²) in [6, 6.07) is 1.59. The van der Waals surface area contributed by atoms with Crippen molar-refractivity contribution < 1.29 is 18.3 Å². The van der Waals surface area contributed by atoms with E-state index in [0.717, 1.165) is 6.07 Å². The molecular formula is C7H5BrF3NO. The van der Waals surface area contributed by atoms with E-state index in [2.05, 4.69) is 15.9 Å². The zero-order valence-electron chi connectivity index (χ0n) is 6.19. The summed E-state index contributed by atoms with van der Waals surface area (Å²) in [6.07, 6.45) is -4.58. The van der Waals surface area contributed by atoms with Crippen LogP contribution < -0.4 is 5.73 Å². The molecule has 0 aliphatic rings. The number of nitrogens with two attached hydrogens (primary N) is 1. The van der Waals surface area contributed by atoms with Gasteiger partial charge in [-0.15, -0.1) is 0 Å². The Bertz CT molecular complexity index is 337. The van der Waals surface area contributed by atoms with Gasteiger partial charge in [0.15, 0.2) is 0 Å². The molecule has 0 unspecified atom stereocenters. The van der Waals surface area contributed by atoms with Crippen molar-refractivity contribution in [3.05, 3.63) is 22.2 Å².